The molecule has 0 aromatic heterocycles. The fourth-order valence-corrected chi connectivity index (χ4v) is 0.870. The Balaban J connectivity index is 2.85. The van der Waals surface area contributed by atoms with Crippen molar-refractivity contribution < 1.29 is 18.4 Å². The molecule has 2 heteroatoms. The van der Waals surface area contributed by atoms with Crippen molar-refractivity contribution in [1.82, 2.24) is 0 Å². The Morgan fingerprint density at radius 3 is 2.60 bits per heavy atom. The Morgan fingerprint density at radius 1 is 1.50 bits per heavy atom. The maximum absolute atomic E-state index is 7.55. The van der Waals surface area contributed by atoms with E-state index in [-0.39, 0.29) is 0 Å². The second kappa shape index (κ2) is 3.60. The Bertz CT molecular complexity index is 248. The predicted molar refractivity (Wildman–Crippen MR) is 40.7 cm³/mol. The van der Waals surface area contributed by atoms with E-state index in [0.29, 0.717) is 0 Å². The molecule has 1 aromatic rings. The summed E-state index contributed by atoms with van der Waals surface area (Å²) in [5.74, 6) is 0. The summed E-state index contributed by atoms with van der Waals surface area (Å²) in [4.78, 5) is 0. The summed E-state index contributed by atoms with van der Waals surface area (Å²) in [5, 5.41) is 1.39. The summed E-state index contributed by atoms with van der Waals surface area (Å²) in [6, 6.07) is 9.60. The Hall–Kier alpha value is -0.526. The van der Waals surface area contributed by atoms with Crippen molar-refractivity contribution in [2.24, 2.45) is 0 Å². The van der Waals surface area contributed by atoms with E-state index >= 15 is 0 Å². The van der Waals surface area contributed by atoms with E-state index in [9.17, 15) is 0 Å². The van der Waals surface area contributed by atoms with Crippen LogP contribution in [0, 0.1) is 0 Å². The quantitative estimate of drug-likeness (QED) is 0.715. The molecule has 0 aliphatic rings. The molecule has 0 spiro atoms. The van der Waals surface area contributed by atoms with Crippen molar-refractivity contribution in [2.75, 3.05) is 5.31 Å². The van der Waals surface area contributed by atoms with Crippen LogP contribution in [0.25, 0.3) is 0 Å². The summed E-state index contributed by atoms with van der Waals surface area (Å²) in [6.07, 6.45) is 0. The molecule has 1 aromatic carbocycles. The molecule has 0 heterocycles. The number of benzene rings is 1. The van der Waals surface area contributed by atoms with Gasteiger partial charge >= 0.3 is 71.0 Å². The van der Waals surface area contributed by atoms with Crippen molar-refractivity contribution in [3.63, 3.8) is 0 Å². The first-order chi connectivity index (χ1) is 5.22. The predicted octanol–water partition coefficient (Wildman–Crippen LogP) is 1.80. The number of hydrogen-bond donors (Lipinski definition) is 1. The summed E-state index contributed by atoms with van der Waals surface area (Å²) >= 11 is 2.35. The average Bonchev–Trinajstić information content (AvgIpc) is 2.05. The van der Waals surface area contributed by atoms with Crippen LogP contribution in [0.3, 0.4) is 0 Å². The molecule has 0 bridgehead atoms. The van der Waals surface area contributed by atoms with Gasteiger partial charge in [0.1, 0.15) is 0 Å². The van der Waals surface area contributed by atoms with Gasteiger partial charge in [-0.05, 0) is 0 Å². The van der Waals surface area contributed by atoms with Gasteiger partial charge in [0.25, 0.3) is 0 Å². The second-order valence-electron chi connectivity index (χ2n) is 1.99. The average molecular weight is 171 g/mol. The van der Waals surface area contributed by atoms with Crippen LogP contribution in [0.15, 0.2) is 30.3 Å². The molecule has 1 rings (SSSR count). The molecule has 0 aliphatic heterocycles. The number of para-hydroxylation sites is 1. The molecule has 0 aliphatic carbocycles. The van der Waals surface area contributed by atoms with Crippen LogP contribution in [0.1, 0.15) is 6.92 Å². The molecule has 0 radical (unpaired) electrons. The van der Waals surface area contributed by atoms with Gasteiger partial charge in [0, 0.05) is 0 Å². The van der Waals surface area contributed by atoms with E-state index in [2.05, 4.69) is 17.0 Å². The molecule has 0 fully saturated rings. The zero-order chi connectivity index (χ0) is 8.27. The third kappa shape index (κ3) is 2.38. The Kier molecular flexibility index (Phi) is 2.23. The van der Waals surface area contributed by atoms with Gasteiger partial charge in [-0.1, -0.05) is 0 Å². The van der Waals surface area contributed by atoms with E-state index in [1.807, 2.05) is 37.3 Å². The molecule has 0 saturated heterocycles. The number of nitrogens with one attached hydrogen (secondary N) is 1. The van der Waals surface area contributed by atoms with Crippen LogP contribution >= 0.6 is 0 Å². The van der Waals surface area contributed by atoms with Gasteiger partial charge in [0.05, 0.1) is 0 Å². The molecule has 10 heavy (non-hydrogen) atoms. The van der Waals surface area contributed by atoms with E-state index in [0.717, 1.165) is 10.0 Å². The van der Waals surface area contributed by atoms with Crippen LogP contribution in [-0.4, -0.2) is 4.35 Å². The van der Waals surface area contributed by atoms with Crippen molar-refractivity contribution in [1.29, 1.82) is 0 Å². The molecule has 0 amide bonds. The van der Waals surface area contributed by atoms with Crippen LogP contribution in [-0.2, 0) is 17.0 Å². The van der Waals surface area contributed by atoms with Crippen molar-refractivity contribution in [2.45, 2.75) is 6.92 Å². The molecule has 0 saturated carbocycles. The third-order valence-corrected chi connectivity index (χ3v) is 1.20. The molecule has 1 nitrogen and oxygen atoms in total. The summed E-state index contributed by atoms with van der Waals surface area (Å²) in [5.41, 5.74) is 0.894. The summed E-state index contributed by atoms with van der Waals surface area (Å²) in [6.45, 7) is 1.89. The zero-order valence-corrected chi connectivity index (χ0v) is 7.18. The first kappa shape index (κ1) is 6.20. The third-order valence-electron chi connectivity index (χ3n) is 1.05. The number of anilines is 1. The first-order valence-electron chi connectivity index (χ1n) is 3.53. The van der Waals surface area contributed by atoms with Gasteiger partial charge in [-0.3, -0.25) is 0 Å². The maximum atomic E-state index is 7.55. The van der Waals surface area contributed by atoms with Crippen LogP contribution < -0.4 is 5.31 Å². The van der Waals surface area contributed by atoms with Crippen LogP contribution in [0.2, 0.25) is 1.41 Å². The minimum absolute atomic E-state index is 0.894. The van der Waals surface area contributed by atoms with Crippen LogP contribution in [0.5, 0.6) is 0 Å². The van der Waals surface area contributed by atoms with E-state index < -0.39 is 0 Å². The second-order valence-corrected chi connectivity index (χ2v) is 3.01. The molecule has 0 atom stereocenters. The SMILES string of the molecule is [2H]N([C](C)=[V])c1ccccc1. The first-order valence-corrected chi connectivity index (χ1v) is 3.78. The fraction of sp³-hybridized carbons (Fsp3) is 0.125. The minimum atomic E-state index is 0.894. The molecule has 51 valence electrons. The molecule has 1 N–H and O–H groups in total. The van der Waals surface area contributed by atoms with Crippen molar-refractivity contribution >= 4 is 10.0 Å². The Labute approximate surface area is 71.4 Å². The van der Waals surface area contributed by atoms with E-state index in [4.69, 9.17) is 1.41 Å². The summed E-state index contributed by atoms with van der Waals surface area (Å²) < 4.78 is 8.45. The van der Waals surface area contributed by atoms with E-state index in [1.165, 1.54) is 5.31 Å². The van der Waals surface area contributed by atoms with Crippen LogP contribution in [0.4, 0.5) is 5.69 Å². The molecular formula is C8H9NV. The standard InChI is InChI=1S/C8H9N.V/c1-2-9-8-6-4-3-5-7-8;/h3-7,9H,1H3;/i/hD. The van der Waals surface area contributed by atoms with Gasteiger partial charge in [-0.25, -0.2) is 0 Å². The van der Waals surface area contributed by atoms with Gasteiger partial charge in [-0.15, -0.1) is 0 Å². The summed E-state index contributed by atoms with van der Waals surface area (Å²) in [7, 11) is 0. The van der Waals surface area contributed by atoms with Crippen molar-refractivity contribution in [3.8, 4) is 0 Å². The fourth-order valence-electron chi connectivity index (χ4n) is 0.689. The van der Waals surface area contributed by atoms with Gasteiger partial charge in [0.15, 0.2) is 0 Å². The number of rotatable bonds is 2. The topological polar surface area (TPSA) is 12.0 Å². The van der Waals surface area contributed by atoms with E-state index in [1.54, 1.807) is 0 Å². The van der Waals surface area contributed by atoms with Gasteiger partial charge < -0.3 is 0 Å². The van der Waals surface area contributed by atoms with Gasteiger partial charge in [-0.2, -0.15) is 0 Å². The molecular weight excluding hydrogens is 161 g/mol. The monoisotopic (exact) mass is 171 g/mol. The van der Waals surface area contributed by atoms with Crippen molar-refractivity contribution in [3.05, 3.63) is 30.3 Å². The Morgan fingerprint density at radius 2 is 2.10 bits per heavy atom. The normalized spacial score (nSPS) is 10.2. The zero-order valence-electron chi connectivity index (χ0n) is 6.78. The number of hydrogen-bond acceptors (Lipinski definition) is 1. The molecule has 0 unspecified atom stereocenters. The van der Waals surface area contributed by atoms with Gasteiger partial charge in [0.2, 0.25) is 0 Å².